The van der Waals surface area contributed by atoms with Gasteiger partial charge in [-0.15, -0.1) is 0 Å². The molecule has 0 atom stereocenters. The fourth-order valence-corrected chi connectivity index (χ4v) is 6.51. The Morgan fingerprint density at radius 1 is 0.907 bits per heavy atom. The third-order valence-electron chi connectivity index (χ3n) is 9.10. The molecule has 0 spiro atoms. The average Bonchev–Trinajstić information content (AvgIpc) is 3.03. The lowest BCUT2D eigenvalue weighted by Crippen LogP contribution is -2.48. The summed E-state index contributed by atoms with van der Waals surface area (Å²) in [6, 6.07) is 12.1. The highest BCUT2D eigenvalue weighted by Gasteiger charge is 2.32. The monoisotopic (exact) mass is 579 g/mol. The van der Waals surface area contributed by atoms with Crippen LogP contribution in [0.2, 0.25) is 0 Å². The number of aromatic nitrogens is 2. The normalized spacial score (nSPS) is 17.9. The average molecular weight is 580 g/mol. The van der Waals surface area contributed by atoms with Gasteiger partial charge in [0.05, 0.1) is 11.4 Å². The van der Waals surface area contributed by atoms with Crippen LogP contribution in [0.15, 0.2) is 61.3 Å². The summed E-state index contributed by atoms with van der Waals surface area (Å²) in [5.74, 6) is 1.90. The van der Waals surface area contributed by atoms with Crippen molar-refractivity contribution in [1.82, 2.24) is 14.9 Å². The SMILES string of the molecule is C=Cc1ccc(C)c(-c2nc(N3CCC(N4CCC(C)CC4)CC3)nc3c2C=CC(=C)N3c2c(C)cccc2F)c1.CC. The van der Waals surface area contributed by atoms with E-state index in [-0.39, 0.29) is 5.82 Å². The maximum atomic E-state index is 15.4. The van der Waals surface area contributed by atoms with Gasteiger partial charge in [0, 0.05) is 36.0 Å². The highest BCUT2D eigenvalue weighted by Crippen LogP contribution is 2.43. The Morgan fingerprint density at radius 3 is 2.30 bits per heavy atom. The number of hydrogen-bond donors (Lipinski definition) is 0. The molecule has 3 aromatic rings. The minimum Gasteiger partial charge on any atom is -0.341 e. The fraction of sp³-hybridized carbons (Fsp3) is 0.405. The molecule has 2 fully saturated rings. The minimum absolute atomic E-state index is 0.296. The summed E-state index contributed by atoms with van der Waals surface area (Å²) in [4.78, 5) is 17.3. The maximum Gasteiger partial charge on any atom is 0.227 e. The van der Waals surface area contributed by atoms with Gasteiger partial charge in [-0.2, -0.15) is 4.98 Å². The summed E-state index contributed by atoms with van der Waals surface area (Å²) in [5, 5.41) is 0. The lowest BCUT2D eigenvalue weighted by atomic mass is 9.95. The van der Waals surface area contributed by atoms with Gasteiger partial charge in [0.25, 0.3) is 0 Å². The van der Waals surface area contributed by atoms with Crippen LogP contribution in [0.5, 0.6) is 0 Å². The molecule has 1 aromatic heterocycles. The number of likely N-dealkylation sites (tertiary alicyclic amines) is 1. The predicted molar refractivity (Wildman–Crippen MR) is 180 cm³/mol. The van der Waals surface area contributed by atoms with E-state index in [9.17, 15) is 0 Å². The number of halogens is 1. The quantitative estimate of drug-likeness (QED) is 0.302. The van der Waals surface area contributed by atoms with Crippen molar-refractivity contribution in [3.63, 3.8) is 0 Å². The zero-order chi connectivity index (χ0) is 30.7. The van der Waals surface area contributed by atoms with Crippen LogP contribution in [0.25, 0.3) is 23.4 Å². The fourth-order valence-electron chi connectivity index (χ4n) is 6.51. The second-order valence-corrected chi connectivity index (χ2v) is 11.9. The van der Waals surface area contributed by atoms with Crippen LogP contribution in [0.3, 0.4) is 0 Å². The first-order chi connectivity index (χ1) is 20.8. The van der Waals surface area contributed by atoms with E-state index in [1.54, 1.807) is 6.07 Å². The Labute approximate surface area is 257 Å². The van der Waals surface area contributed by atoms with E-state index in [1.807, 2.05) is 50.0 Å². The van der Waals surface area contributed by atoms with Crippen molar-refractivity contribution in [2.24, 2.45) is 5.92 Å². The van der Waals surface area contributed by atoms with Crippen molar-refractivity contribution in [2.75, 3.05) is 36.0 Å². The molecule has 4 heterocycles. The van der Waals surface area contributed by atoms with Crippen LogP contribution >= 0.6 is 0 Å². The van der Waals surface area contributed by atoms with Crippen LogP contribution in [0.4, 0.5) is 21.8 Å². The van der Waals surface area contributed by atoms with Crippen molar-refractivity contribution in [3.8, 4) is 11.3 Å². The number of fused-ring (bicyclic) bond motifs is 1. The number of anilines is 3. The molecule has 0 bridgehead atoms. The topological polar surface area (TPSA) is 35.5 Å². The van der Waals surface area contributed by atoms with Crippen LogP contribution in [-0.2, 0) is 0 Å². The molecule has 0 unspecified atom stereocenters. The van der Waals surface area contributed by atoms with Gasteiger partial charge in [-0.25, -0.2) is 9.37 Å². The number of aryl methyl sites for hydroxylation is 2. The lowest BCUT2D eigenvalue weighted by molar-refractivity contribution is 0.120. The van der Waals surface area contributed by atoms with E-state index >= 15 is 4.39 Å². The number of piperidine rings is 2. The first kappa shape index (κ1) is 30.7. The Bertz CT molecular complexity index is 1490. The van der Waals surface area contributed by atoms with Crippen molar-refractivity contribution in [2.45, 2.75) is 66.3 Å². The predicted octanol–water partition coefficient (Wildman–Crippen LogP) is 8.95. The first-order valence-corrected chi connectivity index (χ1v) is 15.9. The van der Waals surface area contributed by atoms with E-state index < -0.39 is 0 Å². The van der Waals surface area contributed by atoms with Crippen molar-refractivity contribution < 1.29 is 4.39 Å². The highest BCUT2D eigenvalue weighted by molar-refractivity contribution is 5.89. The smallest absolute Gasteiger partial charge is 0.227 e. The molecule has 6 rings (SSSR count). The third-order valence-corrected chi connectivity index (χ3v) is 9.10. The highest BCUT2D eigenvalue weighted by atomic mass is 19.1. The lowest BCUT2D eigenvalue weighted by Gasteiger charge is -2.41. The second-order valence-electron chi connectivity index (χ2n) is 11.9. The van der Waals surface area contributed by atoms with E-state index in [0.717, 1.165) is 65.4 Å². The third kappa shape index (κ3) is 6.16. The number of nitrogens with zero attached hydrogens (tertiary/aromatic N) is 5. The van der Waals surface area contributed by atoms with Gasteiger partial charge < -0.3 is 9.80 Å². The molecular weight excluding hydrogens is 533 g/mol. The Kier molecular flexibility index (Phi) is 9.46. The van der Waals surface area contributed by atoms with Crippen LogP contribution in [0, 0.1) is 25.6 Å². The van der Waals surface area contributed by atoms with E-state index in [0.29, 0.717) is 29.2 Å². The maximum absolute atomic E-state index is 15.4. The number of rotatable bonds is 5. The van der Waals surface area contributed by atoms with Gasteiger partial charge in [0.1, 0.15) is 5.82 Å². The van der Waals surface area contributed by atoms with E-state index in [1.165, 1.54) is 32.0 Å². The van der Waals surface area contributed by atoms with E-state index in [4.69, 9.17) is 9.97 Å². The Morgan fingerprint density at radius 2 is 1.63 bits per heavy atom. The van der Waals surface area contributed by atoms with Crippen LogP contribution < -0.4 is 9.80 Å². The summed E-state index contributed by atoms with van der Waals surface area (Å²) in [7, 11) is 0. The standard InChI is InChI=1S/C35H40FN5.C2H6/c1-6-27-12-10-24(3)30(22-27)32-29-13-11-26(5)41(33-25(4)8-7-9-31(33)36)34(29)38-35(37-32)40-20-16-28(17-21-40)39-18-14-23(2)15-19-39;1-2/h6-13,22-23,28H,1,5,14-21H2,2-4H3;1-2H3. The Hall–Kier alpha value is -3.77. The molecule has 43 heavy (non-hydrogen) atoms. The summed E-state index contributed by atoms with van der Waals surface area (Å²) >= 11 is 0. The van der Waals surface area contributed by atoms with Gasteiger partial charge in [-0.1, -0.05) is 64.3 Å². The number of allylic oxidation sites excluding steroid dienone is 1. The number of hydrogen-bond acceptors (Lipinski definition) is 5. The zero-order valence-corrected chi connectivity index (χ0v) is 26.5. The molecule has 2 saturated heterocycles. The summed E-state index contributed by atoms with van der Waals surface area (Å²) in [5.41, 5.74) is 6.88. The minimum atomic E-state index is -0.296. The van der Waals surface area contributed by atoms with Gasteiger partial charge in [-0.05, 0) is 99.5 Å². The van der Waals surface area contributed by atoms with Gasteiger partial charge >= 0.3 is 0 Å². The second kappa shape index (κ2) is 13.3. The van der Waals surface area contributed by atoms with Crippen molar-refractivity contribution >= 4 is 29.6 Å². The van der Waals surface area contributed by atoms with Crippen LogP contribution in [-0.4, -0.2) is 47.1 Å². The molecule has 0 saturated carbocycles. The Balaban J connectivity index is 0.00000180. The molecule has 0 aliphatic carbocycles. The molecule has 3 aliphatic rings. The van der Waals surface area contributed by atoms with Gasteiger partial charge in [-0.3, -0.25) is 4.90 Å². The zero-order valence-electron chi connectivity index (χ0n) is 26.5. The van der Waals surface area contributed by atoms with Crippen molar-refractivity contribution in [1.29, 1.82) is 0 Å². The molecule has 2 aromatic carbocycles. The van der Waals surface area contributed by atoms with Crippen LogP contribution in [0.1, 0.15) is 68.7 Å². The molecule has 0 N–H and O–H groups in total. The first-order valence-electron chi connectivity index (χ1n) is 15.9. The number of benzene rings is 2. The molecule has 6 heteroatoms. The summed E-state index contributed by atoms with van der Waals surface area (Å²) < 4.78 is 15.4. The largest absolute Gasteiger partial charge is 0.341 e. The molecule has 226 valence electrons. The van der Waals surface area contributed by atoms with Gasteiger partial charge in [0.2, 0.25) is 5.95 Å². The molecule has 3 aliphatic heterocycles. The van der Waals surface area contributed by atoms with Crippen molar-refractivity contribution in [3.05, 3.63) is 89.4 Å². The van der Waals surface area contributed by atoms with Gasteiger partial charge in [0.15, 0.2) is 5.82 Å². The molecule has 0 radical (unpaired) electrons. The molecular formula is C37H46FN5. The number of para-hydroxylation sites is 1. The summed E-state index contributed by atoms with van der Waals surface area (Å²) in [6.45, 7) is 22.9. The molecule has 5 nitrogen and oxygen atoms in total. The summed E-state index contributed by atoms with van der Waals surface area (Å²) in [6.07, 6.45) is 10.6. The van der Waals surface area contributed by atoms with E-state index in [2.05, 4.69) is 55.0 Å². The molecule has 0 amide bonds.